The molecule has 0 saturated heterocycles. The largest absolute Gasteiger partial charge is 0.383 e. The third kappa shape index (κ3) is 4.30. The maximum absolute atomic E-state index is 5.25. The molecule has 0 atom stereocenters. The highest BCUT2D eigenvalue weighted by Gasteiger charge is 2.15. The number of fused-ring (bicyclic) bond motifs is 1. The van der Waals surface area contributed by atoms with Crippen LogP contribution in [0.15, 0.2) is 18.2 Å². The van der Waals surface area contributed by atoms with Gasteiger partial charge in [0.25, 0.3) is 0 Å². The van der Waals surface area contributed by atoms with Crippen molar-refractivity contribution in [3.63, 3.8) is 0 Å². The minimum atomic E-state index is 0.688. The van der Waals surface area contributed by atoms with Gasteiger partial charge >= 0.3 is 0 Å². The molecule has 0 bridgehead atoms. The third-order valence-electron chi connectivity index (χ3n) is 3.87. The number of benzene rings is 1. The van der Waals surface area contributed by atoms with E-state index in [1.54, 1.807) is 12.7 Å². The fourth-order valence-electron chi connectivity index (χ4n) is 2.97. The molecule has 0 saturated carbocycles. The van der Waals surface area contributed by atoms with Crippen LogP contribution in [0.5, 0.6) is 0 Å². The van der Waals surface area contributed by atoms with Gasteiger partial charge in [-0.05, 0) is 35.6 Å². The molecule has 1 aliphatic heterocycles. The van der Waals surface area contributed by atoms with E-state index in [0.717, 1.165) is 45.8 Å². The van der Waals surface area contributed by atoms with Crippen molar-refractivity contribution in [2.45, 2.75) is 33.4 Å². The molecule has 0 spiro atoms. The fourth-order valence-corrected chi connectivity index (χ4v) is 2.97. The molecular weight excluding hydrogens is 248 g/mol. The first kappa shape index (κ1) is 15.5. The summed E-state index contributed by atoms with van der Waals surface area (Å²) in [7, 11) is 1.78. The Hall–Kier alpha value is -0.900. The Morgan fingerprint density at radius 3 is 2.95 bits per heavy atom. The molecule has 1 heterocycles. The van der Waals surface area contributed by atoms with Crippen LogP contribution in [-0.4, -0.2) is 38.3 Å². The highest BCUT2D eigenvalue weighted by Crippen LogP contribution is 2.20. The van der Waals surface area contributed by atoms with Crippen LogP contribution in [-0.2, 0) is 24.2 Å². The van der Waals surface area contributed by atoms with E-state index in [0.29, 0.717) is 5.92 Å². The second-order valence-corrected chi connectivity index (χ2v) is 6.10. The number of rotatable bonds is 7. The number of hydrogen-bond donors (Lipinski definition) is 1. The van der Waals surface area contributed by atoms with Gasteiger partial charge in [-0.1, -0.05) is 32.0 Å². The van der Waals surface area contributed by atoms with Gasteiger partial charge in [-0.15, -0.1) is 0 Å². The van der Waals surface area contributed by atoms with E-state index in [9.17, 15) is 0 Å². The summed E-state index contributed by atoms with van der Waals surface area (Å²) in [6, 6.07) is 6.75. The van der Waals surface area contributed by atoms with Crippen molar-refractivity contribution in [2.24, 2.45) is 5.92 Å². The Morgan fingerprint density at radius 1 is 1.35 bits per heavy atom. The van der Waals surface area contributed by atoms with E-state index >= 15 is 0 Å². The van der Waals surface area contributed by atoms with Gasteiger partial charge in [0.15, 0.2) is 0 Å². The standard InChI is InChI=1S/C17H28N2O/c1-14(2)12-19(9-10-20-3)13-16-6-4-5-15-11-18-8-7-17(15)16/h4-6,14,18H,7-13H2,1-3H3. The van der Waals surface area contributed by atoms with Crippen LogP contribution in [0.25, 0.3) is 0 Å². The van der Waals surface area contributed by atoms with Crippen LogP contribution >= 0.6 is 0 Å². The van der Waals surface area contributed by atoms with Gasteiger partial charge in [0, 0.05) is 33.3 Å². The number of methoxy groups -OCH3 is 1. The zero-order valence-electron chi connectivity index (χ0n) is 13.1. The molecule has 3 nitrogen and oxygen atoms in total. The highest BCUT2D eigenvalue weighted by molar-refractivity contribution is 5.37. The first-order valence-electron chi connectivity index (χ1n) is 7.72. The van der Waals surface area contributed by atoms with Gasteiger partial charge in [-0.25, -0.2) is 0 Å². The lowest BCUT2D eigenvalue weighted by atomic mass is 9.95. The molecule has 0 radical (unpaired) electrons. The Labute approximate surface area is 123 Å². The van der Waals surface area contributed by atoms with Crippen molar-refractivity contribution < 1.29 is 4.74 Å². The second-order valence-electron chi connectivity index (χ2n) is 6.10. The van der Waals surface area contributed by atoms with E-state index in [-0.39, 0.29) is 0 Å². The molecule has 1 N–H and O–H groups in total. The summed E-state index contributed by atoms with van der Waals surface area (Å²) < 4.78 is 5.25. The highest BCUT2D eigenvalue weighted by atomic mass is 16.5. The first-order valence-corrected chi connectivity index (χ1v) is 7.72. The topological polar surface area (TPSA) is 24.5 Å². The van der Waals surface area contributed by atoms with Crippen molar-refractivity contribution in [1.29, 1.82) is 0 Å². The smallest absolute Gasteiger partial charge is 0.0589 e. The predicted molar refractivity (Wildman–Crippen MR) is 83.8 cm³/mol. The van der Waals surface area contributed by atoms with Gasteiger partial charge in [0.2, 0.25) is 0 Å². The quantitative estimate of drug-likeness (QED) is 0.828. The van der Waals surface area contributed by atoms with Crippen LogP contribution in [0.4, 0.5) is 0 Å². The van der Waals surface area contributed by atoms with E-state index in [1.165, 1.54) is 11.1 Å². The molecule has 0 amide bonds. The number of ether oxygens (including phenoxy) is 1. The molecule has 1 aromatic carbocycles. The summed E-state index contributed by atoms with van der Waals surface area (Å²) in [6.45, 7) is 10.7. The summed E-state index contributed by atoms with van der Waals surface area (Å²) in [6.07, 6.45) is 1.16. The zero-order chi connectivity index (χ0) is 14.4. The third-order valence-corrected chi connectivity index (χ3v) is 3.87. The molecule has 20 heavy (non-hydrogen) atoms. The summed E-state index contributed by atoms with van der Waals surface area (Å²) in [5.74, 6) is 0.688. The molecule has 0 unspecified atom stereocenters. The van der Waals surface area contributed by atoms with Crippen molar-refractivity contribution in [3.05, 3.63) is 34.9 Å². The van der Waals surface area contributed by atoms with Crippen LogP contribution in [0.2, 0.25) is 0 Å². The zero-order valence-corrected chi connectivity index (χ0v) is 13.1. The second kappa shape index (κ2) is 7.77. The summed E-state index contributed by atoms with van der Waals surface area (Å²) >= 11 is 0. The van der Waals surface area contributed by atoms with E-state index in [4.69, 9.17) is 4.74 Å². The summed E-state index contributed by atoms with van der Waals surface area (Å²) in [4.78, 5) is 2.52. The Kier molecular flexibility index (Phi) is 6.02. The van der Waals surface area contributed by atoms with Crippen molar-refractivity contribution in [1.82, 2.24) is 10.2 Å². The molecule has 3 heteroatoms. The Bertz CT molecular complexity index is 417. The average molecular weight is 276 g/mol. The van der Waals surface area contributed by atoms with E-state index < -0.39 is 0 Å². The van der Waals surface area contributed by atoms with Gasteiger partial charge < -0.3 is 10.1 Å². The first-order chi connectivity index (χ1) is 9.70. The monoisotopic (exact) mass is 276 g/mol. The molecule has 1 aromatic rings. The van der Waals surface area contributed by atoms with Gasteiger partial charge in [-0.3, -0.25) is 4.90 Å². The lowest BCUT2D eigenvalue weighted by Crippen LogP contribution is -2.32. The lowest BCUT2D eigenvalue weighted by Gasteiger charge is -2.27. The minimum Gasteiger partial charge on any atom is -0.383 e. The fraction of sp³-hybridized carbons (Fsp3) is 0.647. The van der Waals surface area contributed by atoms with Crippen molar-refractivity contribution in [2.75, 3.05) is 33.4 Å². The summed E-state index contributed by atoms with van der Waals surface area (Å²) in [5.41, 5.74) is 4.54. The molecule has 0 fully saturated rings. The van der Waals surface area contributed by atoms with Crippen molar-refractivity contribution in [3.8, 4) is 0 Å². The Balaban J connectivity index is 2.09. The number of nitrogens with one attached hydrogen (secondary N) is 1. The summed E-state index contributed by atoms with van der Waals surface area (Å²) in [5, 5.41) is 3.45. The van der Waals surface area contributed by atoms with Crippen LogP contribution in [0, 0.1) is 5.92 Å². The van der Waals surface area contributed by atoms with Gasteiger partial charge in [0.1, 0.15) is 0 Å². The van der Waals surface area contributed by atoms with Crippen LogP contribution in [0.1, 0.15) is 30.5 Å². The molecule has 112 valence electrons. The SMILES string of the molecule is COCCN(Cc1cccc2c1CCNC2)CC(C)C. The van der Waals surface area contributed by atoms with E-state index in [1.807, 2.05) is 0 Å². The molecule has 2 rings (SSSR count). The van der Waals surface area contributed by atoms with Gasteiger partial charge in [-0.2, -0.15) is 0 Å². The normalized spacial score (nSPS) is 14.8. The maximum Gasteiger partial charge on any atom is 0.0589 e. The Morgan fingerprint density at radius 2 is 2.20 bits per heavy atom. The van der Waals surface area contributed by atoms with Crippen LogP contribution < -0.4 is 5.32 Å². The molecule has 1 aliphatic rings. The van der Waals surface area contributed by atoms with Gasteiger partial charge in [0.05, 0.1) is 6.61 Å². The number of nitrogens with zero attached hydrogens (tertiary/aromatic N) is 1. The van der Waals surface area contributed by atoms with Crippen molar-refractivity contribution >= 4 is 0 Å². The lowest BCUT2D eigenvalue weighted by molar-refractivity contribution is 0.136. The average Bonchev–Trinajstić information content (AvgIpc) is 2.44. The minimum absolute atomic E-state index is 0.688. The van der Waals surface area contributed by atoms with Crippen LogP contribution in [0.3, 0.4) is 0 Å². The predicted octanol–water partition coefficient (Wildman–Crippen LogP) is 2.44. The molecule has 0 aromatic heterocycles. The van der Waals surface area contributed by atoms with E-state index in [2.05, 4.69) is 42.3 Å². The maximum atomic E-state index is 5.25. The number of hydrogen-bond acceptors (Lipinski definition) is 3. The molecule has 0 aliphatic carbocycles. The molecular formula is C17H28N2O.